The lowest BCUT2D eigenvalue weighted by molar-refractivity contribution is -0.131. The molecule has 0 atom stereocenters. The minimum Gasteiger partial charge on any atom is -0.368 e. The molecule has 0 aliphatic carbocycles. The Kier molecular flexibility index (Phi) is 5.75. The number of nitrogens with zero attached hydrogens (tertiary/aromatic N) is 2. The Morgan fingerprint density at radius 1 is 0.920 bits per heavy atom. The highest BCUT2D eigenvalue weighted by atomic mass is 16.2. The van der Waals surface area contributed by atoms with Crippen molar-refractivity contribution in [3.05, 3.63) is 65.7 Å². The molecule has 0 radical (unpaired) electrons. The quantitative estimate of drug-likeness (QED) is 0.821. The van der Waals surface area contributed by atoms with E-state index in [4.69, 9.17) is 0 Å². The van der Waals surface area contributed by atoms with Crippen molar-refractivity contribution in [2.75, 3.05) is 31.1 Å². The second-order valence-electron chi connectivity index (χ2n) is 7.10. The summed E-state index contributed by atoms with van der Waals surface area (Å²) in [5, 5.41) is 0. The molecule has 132 valence electrons. The monoisotopic (exact) mass is 336 g/mol. The number of carbonyl (C=O) groups excluding carboxylic acids is 1. The molecule has 25 heavy (non-hydrogen) atoms. The van der Waals surface area contributed by atoms with Gasteiger partial charge in [0.05, 0.1) is 0 Å². The second kappa shape index (κ2) is 8.19. The van der Waals surface area contributed by atoms with Crippen molar-refractivity contribution in [2.24, 2.45) is 0 Å². The average Bonchev–Trinajstić information content (AvgIpc) is 2.67. The third-order valence-electron chi connectivity index (χ3n) is 5.03. The van der Waals surface area contributed by atoms with E-state index in [0.29, 0.717) is 12.3 Å². The van der Waals surface area contributed by atoms with Crippen LogP contribution in [0.2, 0.25) is 0 Å². The maximum absolute atomic E-state index is 12.4. The van der Waals surface area contributed by atoms with Crippen molar-refractivity contribution in [3.63, 3.8) is 0 Å². The van der Waals surface area contributed by atoms with Gasteiger partial charge in [-0.3, -0.25) is 4.79 Å². The third-order valence-corrected chi connectivity index (χ3v) is 5.03. The average molecular weight is 336 g/mol. The van der Waals surface area contributed by atoms with E-state index in [2.05, 4.69) is 55.1 Å². The van der Waals surface area contributed by atoms with E-state index in [1.165, 1.54) is 16.8 Å². The Labute approximate surface area is 151 Å². The zero-order chi connectivity index (χ0) is 17.6. The third kappa shape index (κ3) is 4.62. The number of carbonyl (C=O) groups is 1. The predicted octanol–water partition coefficient (Wildman–Crippen LogP) is 4.09. The highest BCUT2D eigenvalue weighted by molar-refractivity contribution is 5.76. The summed E-state index contributed by atoms with van der Waals surface area (Å²) in [7, 11) is 0. The van der Waals surface area contributed by atoms with Crippen molar-refractivity contribution >= 4 is 11.6 Å². The number of amides is 1. The minimum atomic E-state index is 0.277. The van der Waals surface area contributed by atoms with E-state index in [9.17, 15) is 4.79 Å². The van der Waals surface area contributed by atoms with E-state index < -0.39 is 0 Å². The van der Waals surface area contributed by atoms with Gasteiger partial charge in [0.25, 0.3) is 0 Å². The van der Waals surface area contributed by atoms with Gasteiger partial charge in [-0.25, -0.2) is 0 Å². The first-order valence-electron chi connectivity index (χ1n) is 9.30. The fourth-order valence-electron chi connectivity index (χ4n) is 3.34. The first-order chi connectivity index (χ1) is 12.1. The van der Waals surface area contributed by atoms with Crippen LogP contribution in [0.25, 0.3) is 0 Å². The summed E-state index contributed by atoms with van der Waals surface area (Å²) in [6, 6.07) is 19.1. The predicted molar refractivity (Wildman–Crippen MR) is 104 cm³/mol. The molecule has 3 heteroatoms. The summed E-state index contributed by atoms with van der Waals surface area (Å²) < 4.78 is 0. The van der Waals surface area contributed by atoms with Gasteiger partial charge in [-0.2, -0.15) is 0 Å². The maximum Gasteiger partial charge on any atom is 0.223 e. The Morgan fingerprint density at radius 3 is 2.16 bits per heavy atom. The van der Waals surface area contributed by atoms with Gasteiger partial charge in [-0.1, -0.05) is 56.3 Å². The number of rotatable bonds is 5. The van der Waals surface area contributed by atoms with Crippen molar-refractivity contribution in [1.29, 1.82) is 0 Å². The smallest absolute Gasteiger partial charge is 0.223 e. The van der Waals surface area contributed by atoms with Crippen molar-refractivity contribution in [1.82, 2.24) is 4.90 Å². The largest absolute Gasteiger partial charge is 0.368 e. The zero-order valence-electron chi connectivity index (χ0n) is 15.3. The minimum absolute atomic E-state index is 0.277. The molecule has 2 aromatic carbocycles. The summed E-state index contributed by atoms with van der Waals surface area (Å²) in [4.78, 5) is 16.8. The van der Waals surface area contributed by atoms with Crippen molar-refractivity contribution in [2.45, 2.75) is 32.6 Å². The van der Waals surface area contributed by atoms with Crippen LogP contribution in [0.4, 0.5) is 5.69 Å². The van der Waals surface area contributed by atoms with Gasteiger partial charge in [-0.15, -0.1) is 0 Å². The topological polar surface area (TPSA) is 23.6 Å². The van der Waals surface area contributed by atoms with Gasteiger partial charge < -0.3 is 9.80 Å². The van der Waals surface area contributed by atoms with Crippen molar-refractivity contribution in [3.8, 4) is 0 Å². The number of aryl methyl sites for hydroxylation is 1. The maximum atomic E-state index is 12.4. The molecule has 1 aliphatic heterocycles. The highest BCUT2D eigenvalue weighted by Gasteiger charge is 2.21. The summed E-state index contributed by atoms with van der Waals surface area (Å²) in [6.07, 6.45) is 1.43. The first-order valence-corrected chi connectivity index (χ1v) is 9.30. The van der Waals surface area contributed by atoms with Crippen LogP contribution in [-0.4, -0.2) is 37.0 Å². The van der Waals surface area contributed by atoms with Gasteiger partial charge in [0.15, 0.2) is 0 Å². The number of piperazine rings is 1. The summed E-state index contributed by atoms with van der Waals surface area (Å²) in [5.41, 5.74) is 3.87. The van der Waals surface area contributed by atoms with Gasteiger partial charge in [-0.05, 0) is 35.6 Å². The molecule has 0 N–H and O–H groups in total. The molecule has 1 saturated heterocycles. The SMILES string of the molecule is CC(C)c1ccc(N2CCN(C(=O)CCc3ccccc3)CC2)cc1. The molecule has 1 fully saturated rings. The lowest BCUT2D eigenvalue weighted by Gasteiger charge is -2.36. The molecular formula is C22H28N2O. The summed E-state index contributed by atoms with van der Waals surface area (Å²) in [5.74, 6) is 0.840. The number of hydrogen-bond donors (Lipinski definition) is 0. The van der Waals surface area contributed by atoms with Crippen LogP contribution in [0.5, 0.6) is 0 Å². The summed E-state index contributed by atoms with van der Waals surface area (Å²) in [6.45, 7) is 7.90. The molecule has 3 rings (SSSR count). The normalized spacial score (nSPS) is 14.8. The molecular weight excluding hydrogens is 308 g/mol. The molecule has 1 heterocycles. The van der Waals surface area contributed by atoms with Gasteiger partial charge >= 0.3 is 0 Å². The molecule has 0 bridgehead atoms. The Bertz CT molecular complexity index is 671. The molecule has 1 aliphatic rings. The zero-order valence-corrected chi connectivity index (χ0v) is 15.3. The fraction of sp³-hybridized carbons (Fsp3) is 0.409. The van der Waals surface area contributed by atoms with E-state index in [0.717, 1.165) is 32.6 Å². The molecule has 0 spiro atoms. The van der Waals surface area contributed by atoms with Crippen LogP contribution < -0.4 is 4.90 Å². The molecule has 3 nitrogen and oxygen atoms in total. The Hall–Kier alpha value is -2.29. The number of benzene rings is 2. The van der Waals surface area contributed by atoms with E-state index in [1.807, 2.05) is 23.1 Å². The van der Waals surface area contributed by atoms with Crippen LogP contribution in [0.1, 0.15) is 37.3 Å². The summed E-state index contributed by atoms with van der Waals surface area (Å²) >= 11 is 0. The van der Waals surface area contributed by atoms with Gasteiger partial charge in [0, 0.05) is 38.3 Å². The first kappa shape index (κ1) is 17.5. The lowest BCUT2D eigenvalue weighted by atomic mass is 10.0. The number of anilines is 1. The van der Waals surface area contributed by atoms with E-state index in [1.54, 1.807) is 0 Å². The Balaban J connectivity index is 1.48. The standard InChI is InChI=1S/C22H28N2O/c1-18(2)20-9-11-21(12-10-20)23-14-16-24(17-15-23)22(25)13-8-19-6-4-3-5-7-19/h3-7,9-12,18H,8,13-17H2,1-2H3. The molecule has 0 saturated carbocycles. The molecule has 0 aromatic heterocycles. The highest BCUT2D eigenvalue weighted by Crippen LogP contribution is 2.21. The van der Waals surface area contributed by atoms with Crippen molar-refractivity contribution < 1.29 is 4.79 Å². The number of hydrogen-bond acceptors (Lipinski definition) is 2. The lowest BCUT2D eigenvalue weighted by Crippen LogP contribution is -2.48. The second-order valence-corrected chi connectivity index (χ2v) is 7.10. The van der Waals surface area contributed by atoms with Crippen LogP contribution in [0.15, 0.2) is 54.6 Å². The van der Waals surface area contributed by atoms with Gasteiger partial charge in [0.1, 0.15) is 0 Å². The van der Waals surface area contributed by atoms with Crippen LogP contribution in [-0.2, 0) is 11.2 Å². The molecule has 1 amide bonds. The van der Waals surface area contributed by atoms with Crippen LogP contribution >= 0.6 is 0 Å². The molecule has 0 unspecified atom stereocenters. The molecule has 2 aromatic rings. The fourth-order valence-corrected chi connectivity index (χ4v) is 3.34. The van der Waals surface area contributed by atoms with E-state index >= 15 is 0 Å². The van der Waals surface area contributed by atoms with Crippen LogP contribution in [0.3, 0.4) is 0 Å². The Morgan fingerprint density at radius 2 is 1.56 bits per heavy atom. The van der Waals surface area contributed by atoms with E-state index in [-0.39, 0.29) is 5.91 Å². The van der Waals surface area contributed by atoms with Gasteiger partial charge in [0.2, 0.25) is 5.91 Å². The van der Waals surface area contributed by atoms with Crippen LogP contribution in [0, 0.1) is 0 Å².